The molecule has 0 atom stereocenters. The summed E-state index contributed by atoms with van der Waals surface area (Å²) in [4.78, 5) is 12.1. The first-order valence-electron chi connectivity index (χ1n) is 7.71. The fourth-order valence-electron chi connectivity index (χ4n) is 2.72. The van der Waals surface area contributed by atoms with Crippen molar-refractivity contribution in [3.63, 3.8) is 0 Å². The number of nitrogen functional groups attached to an aromatic ring is 1. The first-order valence-corrected chi connectivity index (χ1v) is 8.65. The molecule has 0 aliphatic carbocycles. The molecule has 5 nitrogen and oxygen atoms in total. The number of aromatic amines is 1. The normalized spacial score (nSPS) is 11.1. The smallest absolute Gasteiger partial charge is 0.257 e. The van der Waals surface area contributed by atoms with E-state index in [2.05, 4.69) is 15.5 Å². The monoisotopic (exact) mass is 388 g/mol. The molecule has 0 bridgehead atoms. The fraction of sp³-hybridized carbons (Fsp3) is 0. The second-order valence-electron chi connectivity index (χ2n) is 5.73. The first kappa shape index (κ1) is 17.1. The molecule has 9 heteroatoms. The Balaban J connectivity index is 1.84. The minimum atomic E-state index is -1.38. The Morgan fingerprint density at radius 2 is 1.81 bits per heavy atom. The predicted molar refractivity (Wildman–Crippen MR) is 98.1 cm³/mol. The number of hydrogen-bond donors (Lipinski definition) is 3. The molecule has 1 amide bonds. The van der Waals surface area contributed by atoms with Crippen LogP contribution in [0.3, 0.4) is 0 Å². The van der Waals surface area contributed by atoms with E-state index in [1.807, 2.05) is 0 Å². The lowest BCUT2D eigenvalue weighted by Gasteiger charge is -2.09. The van der Waals surface area contributed by atoms with Gasteiger partial charge in [-0.05, 0) is 29.1 Å². The summed E-state index contributed by atoms with van der Waals surface area (Å²) in [7, 11) is 0. The third-order valence-corrected chi connectivity index (χ3v) is 4.73. The van der Waals surface area contributed by atoms with Crippen molar-refractivity contribution in [2.45, 2.75) is 0 Å². The second kappa shape index (κ2) is 6.44. The van der Waals surface area contributed by atoms with Crippen LogP contribution in [0.15, 0.2) is 41.1 Å². The number of nitrogens with one attached hydrogen (secondary N) is 2. The van der Waals surface area contributed by atoms with Gasteiger partial charge in [0.05, 0.1) is 16.5 Å². The van der Waals surface area contributed by atoms with Crippen molar-refractivity contribution in [1.82, 2.24) is 10.2 Å². The standard InChI is InChI=1S/C18H11F3N4OS/c19-13-11(8-1-3-10(22)4-2-8)15(21)16-12(14(13)20)17(25-24-16)23-18(26)9-5-6-27-7-9/h1-7H,22H2,(H2,23,24,25,26). The number of hydrogen-bond acceptors (Lipinski definition) is 4. The summed E-state index contributed by atoms with van der Waals surface area (Å²) >= 11 is 1.30. The molecule has 4 aromatic rings. The van der Waals surface area contributed by atoms with Crippen molar-refractivity contribution >= 4 is 39.7 Å². The van der Waals surface area contributed by atoms with Crippen molar-refractivity contribution in [2.75, 3.05) is 11.1 Å². The molecule has 0 saturated heterocycles. The Labute approximate surface area is 154 Å². The molecule has 2 heterocycles. The van der Waals surface area contributed by atoms with E-state index in [1.54, 1.807) is 16.8 Å². The number of H-pyrrole nitrogens is 1. The van der Waals surface area contributed by atoms with Crippen LogP contribution in [-0.4, -0.2) is 16.1 Å². The van der Waals surface area contributed by atoms with E-state index in [0.717, 1.165) is 0 Å². The van der Waals surface area contributed by atoms with Crippen molar-refractivity contribution in [3.8, 4) is 11.1 Å². The maximum atomic E-state index is 14.9. The number of aromatic nitrogens is 2. The number of anilines is 2. The van der Waals surface area contributed by atoms with Crippen LogP contribution in [0.4, 0.5) is 24.7 Å². The topological polar surface area (TPSA) is 83.8 Å². The number of rotatable bonds is 3. The molecule has 0 unspecified atom stereocenters. The fourth-order valence-corrected chi connectivity index (χ4v) is 3.36. The summed E-state index contributed by atoms with van der Waals surface area (Å²) in [6.45, 7) is 0. The number of carbonyl (C=O) groups excluding carboxylic acids is 1. The molecule has 0 saturated carbocycles. The Kier molecular flexibility index (Phi) is 4.08. The van der Waals surface area contributed by atoms with Gasteiger partial charge in [-0.3, -0.25) is 9.89 Å². The minimum Gasteiger partial charge on any atom is -0.399 e. The van der Waals surface area contributed by atoms with Gasteiger partial charge < -0.3 is 11.1 Å². The molecular weight excluding hydrogens is 377 g/mol. The second-order valence-corrected chi connectivity index (χ2v) is 6.51. The molecule has 4 rings (SSSR count). The Morgan fingerprint density at radius 3 is 2.48 bits per heavy atom. The summed E-state index contributed by atoms with van der Waals surface area (Å²) < 4.78 is 44.3. The van der Waals surface area contributed by atoms with Crippen LogP contribution < -0.4 is 11.1 Å². The highest BCUT2D eigenvalue weighted by atomic mass is 32.1. The van der Waals surface area contributed by atoms with Crippen molar-refractivity contribution < 1.29 is 18.0 Å². The van der Waals surface area contributed by atoms with Crippen LogP contribution in [0.1, 0.15) is 10.4 Å². The van der Waals surface area contributed by atoms with E-state index in [9.17, 15) is 18.0 Å². The zero-order valence-electron chi connectivity index (χ0n) is 13.5. The minimum absolute atomic E-state index is 0.124. The molecule has 4 N–H and O–H groups in total. The summed E-state index contributed by atoms with van der Waals surface area (Å²) in [5.41, 5.74) is 5.54. The Morgan fingerprint density at radius 1 is 1.07 bits per heavy atom. The lowest BCUT2D eigenvalue weighted by atomic mass is 10.0. The van der Waals surface area contributed by atoms with Gasteiger partial charge in [0, 0.05) is 11.1 Å². The molecule has 0 radical (unpaired) electrons. The number of benzene rings is 2. The highest BCUT2D eigenvalue weighted by molar-refractivity contribution is 7.08. The first-order chi connectivity index (χ1) is 13.0. The highest BCUT2D eigenvalue weighted by Crippen LogP contribution is 2.36. The van der Waals surface area contributed by atoms with E-state index in [0.29, 0.717) is 11.3 Å². The van der Waals surface area contributed by atoms with Gasteiger partial charge in [0.25, 0.3) is 5.91 Å². The van der Waals surface area contributed by atoms with Crippen LogP contribution in [0.25, 0.3) is 22.0 Å². The zero-order chi connectivity index (χ0) is 19.1. The third-order valence-electron chi connectivity index (χ3n) is 4.05. The summed E-state index contributed by atoms with van der Waals surface area (Å²) in [6, 6.07) is 7.24. The molecule has 2 aromatic carbocycles. The molecule has 0 aliphatic heterocycles. The lowest BCUT2D eigenvalue weighted by Crippen LogP contribution is -2.11. The molecule has 27 heavy (non-hydrogen) atoms. The Bertz CT molecular complexity index is 1150. The van der Waals surface area contributed by atoms with Gasteiger partial charge in [0.2, 0.25) is 0 Å². The number of thiophene rings is 1. The van der Waals surface area contributed by atoms with Gasteiger partial charge in [0.15, 0.2) is 23.3 Å². The summed E-state index contributed by atoms with van der Waals surface area (Å²) in [5.74, 6) is -4.56. The maximum absolute atomic E-state index is 14.9. The average molecular weight is 388 g/mol. The van der Waals surface area contributed by atoms with Crippen molar-refractivity contribution in [1.29, 1.82) is 0 Å². The van der Waals surface area contributed by atoms with Gasteiger partial charge >= 0.3 is 0 Å². The largest absolute Gasteiger partial charge is 0.399 e. The van der Waals surface area contributed by atoms with Gasteiger partial charge in [-0.2, -0.15) is 16.4 Å². The van der Waals surface area contributed by atoms with E-state index in [4.69, 9.17) is 5.73 Å². The average Bonchev–Trinajstić information content (AvgIpc) is 3.32. The summed E-state index contributed by atoms with van der Waals surface area (Å²) in [6.07, 6.45) is 0. The number of carbonyl (C=O) groups is 1. The van der Waals surface area contributed by atoms with Crippen LogP contribution >= 0.6 is 11.3 Å². The van der Waals surface area contributed by atoms with Gasteiger partial charge in [0.1, 0.15) is 5.52 Å². The van der Waals surface area contributed by atoms with Gasteiger partial charge in [-0.1, -0.05) is 12.1 Å². The van der Waals surface area contributed by atoms with Crippen LogP contribution in [0.5, 0.6) is 0 Å². The molecule has 136 valence electrons. The molecule has 0 fully saturated rings. The van der Waals surface area contributed by atoms with Crippen LogP contribution in [-0.2, 0) is 0 Å². The molecular formula is C18H11F3N4OS. The maximum Gasteiger partial charge on any atom is 0.257 e. The molecule has 0 spiro atoms. The van der Waals surface area contributed by atoms with E-state index < -0.39 is 34.3 Å². The number of nitrogens with zero attached hydrogens (tertiary/aromatic N) is 1. The lowest BCUT2D eigenvalue weighted by molar-refractivity contribution is 0.102. The quantitative estimate of drug-likeness (QED) is 0.356. The van der Waals surface area contributed by atoms with Crippen molar-refractivity contribution in [3.05, 3.63) is 64.1 Å². The SMILES string of the molecule is Nc1ccc(-c2c(F)c(F)c3c(NC(=O)c4ccsc4)n[nH]c3c2F)cc1. The molecule has 2 aromatic heterocycles. The van der Waals surface area contributed by atoms with E-state index in [1.165, 1.54) is 35.6 Å². The number of halogens is 3. The Hall–Kier alpha value is -3.33. The van der Waals surface area contributed by atoms with Gasteiger partial charge in [-0.25, -0.2) is 13.2 Å². The van der Waals surface area contributed by atoms with Crippen LogP contribution in [0.2, 0.25) is 0 Å². The van der Waals surface area contributed by atoms with E-state index in [-0.39, 0.29) is 16.9 Å². The highest BCUT2D eigenvalue weighted by Gasteiger charge is 2.26. The predicted octanol–water partition coefficient (Wildman–Crippen LogP) is 4.54. The number of nitrogens with two attached hydrogens (primary N) is 1. The van der Waals surface area contributed by atoms with Gasteiger partial charge in [-0.15, -0.1) is 0 Å². The van der Waals surface area contributed by atoms with E-state index >= 15 is 0 Å². The summed E-state index contributed by atoms with van der Waals surface area (Å²) in [5, 5.41) is 11.2. The number of fused-ring (bicyclic) bond motifs is 1. The zero-order valence-corrected chi connectivity index (χ0v) is 14.3. The number of amides is 1. The van der Waals surface area contributed by atoms with Crippen LogP contribution in [0, 0.1) is 17.5 Å². The van der Waals surface area contributed by atoms with Crippen molar-refractivity contribution in [2.24, 2.45) is 0 Å². The molecule has 0 aliphatic rings. The third kappa shape index (κ3) is 2.81.